The Bertz CT molecular complexity index is 711. The van der Waals surface area contributed by atoms with Gasteiger partial charge in [-0.05, 0) is 24.3 Å². The lowest BCUT2D eigenvalue weighted by Gasteiger charge is -2.07. The van der Waals surface area contributed by atoms with Crippen LogP contribution in [0.1, 0.15) is 11.4 Å². The van der Waals surface area contributed by atoms with E-state index in [0.717, 1.165) is 5.69 Å². The van der Waals surface area contributed by atoms with Crippen LogP contribution in [0.2, 0.25) is 0 Å². The van der Waals surface area contributed by atoms with Crippen LogP contribution in [0, 0.1) is 11.3 Å². The summed E-state index contributed by atoms with van der Waals surface area (Å²) >= 11 is 0. The van der Waals surface area contributed by atoms with Gasteiger partial charge in [0.1, 0.15) is 16.7 Å². The second-order valence-corrected chi connectivity index (χ2v) is 5.69. The van der Waals surface area contributed by atoms with Crippen LogP contribution in [-0.2, 0) is 23.6 Å². The van der Waals surface area contributed by atoms with Crippen LogP contribution in [-0.4, -0.2) is 18.0 Å². The first kappa shape index (κ1) is 13.3. The SMILES string of the molecule is Cn1cccc1CNS(=O)(=O)c1ccc(C#N)nc1. The molecule has 0 aromatic carbocycles. The third-order valence-corrected chi connectivity index (χ3v) is 4.04. The van der Waals surface area contributed by atoms with E-state index in [4.69, 9.17) is 5.26 Å². The average Bonchev–Trinajstić information content (AvgIpc) is 2.82. The van der Waals surface area contributed by atoms with Gasteiger partial charge in [0, 0.05) is 25.1 Å². The van der Waals surface area contributed by atoms with Crippen molar-refractivity contribution >= 4 is 10.0 Å². The van der Waals surface area contributed by atoms with E-state index in [0.29, 0.717) is 0 Å². The molecule has 0 radical (unpaired) electrons. The fraction of sp³-hybridized carbons (Fsp3) is 0.167. The number of aryl methyl sites for hydroxylation is 1. The van der Waals surface area contributed by atoms with E-state index in [1.165, 1.54) is 18.3 Å². The van der Waals surface area contributed by atoms with Gasteiger partial charge in [-0.15, -0.1) is 0 Å². The van der Waals surface area contributed by atoms with Gasteiger partial charge in [0.25, 0.3) is 0 Å². The molecule has 0 aliphatic rings. The number of hydrogen-bond acceptors (Lipinski definition) is 4. The number of hydrogen-bond donors (Lipinski definition) is 1. The summed E-state index contributed by atoms with van der Waals surface area (Å²) in [4.78, 5) is 3.78. The summed E-state index contributed by atoms with van der Waals surface area (Å²) < 4.78 is 28.3. The van der Waals surface area contributed by atoms with E-state index < -0.39 is 10.0 Å². The zero-order chi connectivity index (χ0) is 13.9. The molecule has 0 unspecified atom stereocenters. The van der Waals surface area contributed by atoms with Crippen molar-refractivity contribution in [2.45, 2.75) is 11.4 Å². The molecule has 6 nitrogen and oxygen atoms in total. The van der Waals surface area contributed by atoms with Crippen molar-refractivity contribution in [1.82, 2.24) is 14.3 Å². The third kappa shape index (κ3) is 2.99. The Labute approximate surface area is 111 Å². The van der Waals surface area contributed by atoms with Crippen molar-refractivity contribution in [3.05, 3.63) is 48.0 Å². The lowest BCUT2D eigenvalue weighted by atomic mass is 10.4. The molecule has 1 N–H and O–H groups in total. The number of nitrogens with one attached hydrogen (secondary N) is 1. The fourth-order valence-corrected chi connectivity index (χ4v) is 2.48. The van der Waals surface area contributed by atoms with Gasteiger partial charge in [0.05, 0.1) is 6.54 Å². The van der Waals surface area contributed by atoms with Crippen LogP contribution in [0.25, 0.3) is 0 Å². The first-order chi connectivity index (χ1) is 9.03. The number of sulfonamides is 1. The highest BCUT2D eigenvalue weighted by atomic mass is 32.2. The van der Waals surface area contributed by atoms with Crippen molar-refractivity contribution in [3.8, 4) is 6.07 Å². The normalized spacial score (nSPS) is 11.2. The Kier molecular flexibility index (Phi) is 3.64. The van der Waals surface area contributed by atoms with Crippen LogP contribution in [0.5, 0.6) is 0 Å². The zero-order valence-corrected chi connectivity index (χ0v) is 11.1. The molecule has 7 heteroatoms. The van der Waals surface area contributed by atoms with Crippen molar-refractivity contribution in [1.29, 1.82) is 5.26 Å². The average molecular weight is 276 g/mol. The number of nitriles is 1. The first-order valence-corrected chi connectivity index (χ1v) is 6.97. The number of nitrogens with zero attached hydrogens (tertiary/aromatic N) is 3. The molecule has 2 heterocycles. The van der Waals surface area contributed by atoms with Crippen LogP contribution < -0.4 is 4.72 Å². The molecule has 0 fully saturated rings. The fourth-order valence-electron chi connectivity index (χ4n) is 1.54. The monoisotopic (exact) mass is 276 g/mol. The largest absolute Gasteiger partial charge is 0.353 e. The third-order valence-electron chi connectivity index (χ3n) is 2.66. The summed E-state index contributed by atoms with van der Waals surface area (Å²) in [5.74, 6) is 0. The summed E-state index contributed by atoms with van der Waals surface area (Å²) in [5, 5.41) is 8.61. The molecule has 2 rings (SSSR count). The molecule has 0 amide bonds. The van der Waals surface area contributed by atoms with Gasteiger partial charge in [-0.2, -0.15) is 5.26 Å². The molecule has 2 aromatic heterocycles. The summed E-state index contributed by atoms with van der Waals surface area (Å²) in [6.45, 7) is 0.200. The summed E-state index contributed by atoms with van der Waals surface area (Å²) in [6.07, 6.45) is 3.01. The second kappa shape index (κ2) is 5.22. The first-order valence-electron chi connectivity index (χ1n) is 5.49. The smallest absolute Gasteiger partial charge is 0.242 e. The molecular weight excluding hydrogens is 264 g/mol. The maximum Gasteiger partial charge on any atom is 0.242 e. The molecule has 0 atom stereocenters. The zero-order valence-electron chi connectivity index (χ0n) is 10.2. The highest BCUT2D eigenvalue weighted by Gasteiger charge is 2.14. The van der Waals surface area contributed by atoms with E-state index >= 15 is 0 Å². The number of aromatic nitrogens is 2. The van der Waals surface area contributed by atoms with Gasteiger partial charge in [-0.1, -0.05) is 0 Å². The molecular formula is C12H12N4O2S. The predicted octanol–water partition coefficient (Wildman–Crippen LogP) is 0.770. The van der Waals surface area contributed by atoms with Gasteiger partial charge in [0.15, 0.2) is 0 Å². The lowest BCUT2D eigenvalue weighted by Crippen LogP contribution is -2.24. The summed E-state index contributed by atoms with van der Waals surface area (Å²) in [6, 6.07) is 8.24. The molecule has 0 saturated heterocycles. The molecule has 0 aliphatic carbocycles. The van der Waals surface area contributed by atoms with Gasteiger partial charge >= 0.3 is 0 Å². The molecule has 0 bridgehead atoms. The minimum absolute atomic E-state index is 0.0423. The lowest BCUT2D eigenvalue weighted by molar-refractivity contribution is 0.578. The standard InChI is InChI=1S/C12H12N4O2S/c1-16-6-2-3-11(16)8-15-19(17,18)12-5-4-10(7-13)14-9-12/h2-6,9,15H,8H2,1H3. The highest BCUT2D eigenvalue weighted by molar-refractivity contribution is 7.89. The van der Waals surface area contributed by atoms with Gasteiger partial charge in [-0.3, -0.25) is 0 Å². The van der Waals surface area contributed by atoms with Crippen molar-refractivity contribution in [2.24, 2.45) is 7.05 Å². The molecule has 19 heavy (non-hydrogen) atoms. The number of pyridine rings is 1. The number of rotatable bonds is 4. The van der Waals surface area contributed by atoms with E-state index in [1.54, 1.807) is 0 Å². The second-order valence-electron chi connectivity index (χ2n) is 3.93. The van der Waals surface area contributed by atoms with Crippen LogP contribution in [0.3, 0.4) is 0 Å². The van der Waals surface area contributed by atoms with Crippen molar-refractivity contribution in [3.63, 3.8) is 0 Å². The van der Waals surface area contributed by atoms with E-state index in [9.17, 15) is 8.42 Å². The minimum Gasteiger partial charge on any atom is -0.353 e. The maximum absolute atomic E-state index is 12.0. The molecule has 2 aromatic rings. The highest BCUT2D eigenvalue weighted by Crippen LogP contribution is 2.08. The van der Waals surface area contributed by atoms with Crippen LogP contribution >= 0.6 is 0 Å². The van der Waals surface area contributed by atoms with E-state index in [-0.39, 0.29) is 17.1 Å². The van der Waals surface area contributed by atoms with E-state index in [1.807, 2.05) is 36.0 Å². The Balaban J connectivity index is 2.14. The molecule has 0 aliphatic heterocycles. The van der Waals surface area contributed by atoms with Crippen molar-refractivity contribution in [2.75, 3.05) is 0 Å². The van der Waals surface area contributed by atoms with E-state index in [2.05, 4.69) is 9.71 Å². The Hall–Kier alpha value is -2.17. The van der Waals surface area contributed by atoms with Gasteiger partial charge < -0.3 is 4.57 Å². The Morgan fingerprint density at radius 2 is 2.21 bits per heavy atom. The molecule has 0 spiro atoms. The quantitative estimate of drug-likeness (QED) is 0.893. The van der Waals surface area contributed by atoms with Crippen molar-refractivity contribution < 1.29 is 8.42 Å². The van der Waals surface area contributed by atoms with Crippen LogP contribution in [0.4, 0.5) is 0 Å². The molecule has 0 saturated carbocycles. The summed E-state index contributed by atoms with van der Waals surface area (Å²) in [5.41, 5.74) is 1.03. The minimum atomic E-state index is -3.61. The maximum atomic E-state index is 12.0. The Morgan fingerprint density at radius 3 is 2.74 bits per heavy atom. The Morgan fingerprint density at radius 1 is 1.42 bits per heavy atom. The predicted molar refractivity (Wildman–Crippen MR) is 68.4 cm³/mol. The molecule has 98 valence electrons. The summed E-state index contributed by atoms with van der Waals surface area (Å²) in [7, 11) is -1.77. The van der Waals surface area contributed by atoms with Gasteiger partial charge in [-0.25, -0.2) is 18.1 Å². The van der Waals surface area contributed by atoms with Crippen LogP contribution in [0.15, 0.2) is 41.6 Å². The topological polar surface area (TPSA) is 87.8 Å². The van der Waals surface area contributed by atoms with Gasteiger partial charge in [0.2, 0.25) is 10.0 Å².